The minimum atomic E-state index is -0.782. The fourth-order valence-corrected chi connectivity index (χ4v) is 9.78. The van der Waals surface area contributed by atoms with Gasteiger partial charge in [0, 0.05) is 43.4 Å². The number of ether oxygens (including phenoxy) is 1. The minimum Gasteiger partial charge on any atom is -0.481 e. The van der Waals surface area contributed by atoms with Crippen molar-refractivity contribution in [2.75, 3.05) is 0 Å². The van der Waals surface area contributed by atoms with Crippen molar-refractivity contribution >= 4 is 23.5 Å². The molecule has 4 fully saturated rings. The van der Waals surface area contributed by atoms with Crippen molar-refractivity contribution in [3.05, 3.63) is 0 Å². The van der Waals surface area contributed by atoms with Crippen molar-refractivity contribution in [2.45, 2.75) is 106 Å². The van der Waals surface area contributed by atoms with E-state index in [0.717, 1.165) is 19.3 Å². The van der Waals surface area contributed by atoms with Crippen LogP contribution in [0.3, 0.4) is 0 Å². The molecular formula is C29H44O6. The SMILES string of the molecule is CC(=O)O[C@H]1CC[C@]2(C)[C@H]3C(=O)C[C@]4(C)[C@@H]([C@H](C)CCC(=O)O)CC[C@@]4(C)[C@@H]3C(=O)C[C@H]2C1(C)C. The van der Waals surface area contributed by atoms with Crippen LogP contribution in [-0.4, -0.2) is 34.7 Å². The normalized spacial score (nSPS) is 45.2. The lowest BCUT2D eigenvalue weighted by molar-refractivity contribution is -0.206. The van der Waals surface area contributed by atoms with E-state index >= 15 is 0 Å². The molecule has 9 atom stereocenters. The van der Waals surface area contributed by atoms with Gasteiger partial charge in [0.25, 0.3) is 0 Å². The Balaban J connectivity index is 1.70. The van der Waals surface area contributed by atoms with Crippen LogP contribution in [0.2, 0.25) is 0 Å². The smallest absolute Gasteiger partial charge is 0.303 e. The maximum atomic E-state index is 14.1. The van der Waals surface area contributed by atoms with Crippen LogP contribution in [0, 0.1) is 51.2 Å². The number of aliphatic carboxylic acids is 1. The van der Waals surface area contributed by atoms with E-state index in [-0.39, 0.29) is 81.3 Å². The van der Waals surface area contributed by atoms with E-state index < -0.39 is 5.97 Å². The highest BCUT2D eigenvalue weighted by Gasteiger charge is 2.72. The molecule has 0 heterocycles. The van der Waals surface area contributed by atoms with Gasteiger partial charge in [-0.15, -0.1) is 0 Å². The molecule has 0 saturated heterocycles. The number of esters is 1. The first-order chi connectivity index (χ1) is 16.1. The predicted octanol–water partition coefficient (Wildman–Crippen LogP) is 5.46. The largest absolute Gasteiger partial charge is 0.481 e. The number of hydrogen-bond acceptors (Lipinski definition) is 5. The molecule has 1 N–H and O–H groups in total. The summed E-state index contributed by atoms with van der Waals surface area (Å²) in [5, 5.41) is 9.20. The third-order valence-corrected chi connectivity index (χ3v) is 11.7. The zero-order valence-electron chi connectivity index (χ0n) is 22.6. The standard InChI is InChI=1S/C29H44O6/c1-16(8-9-23(33)34)18-10-13-28(6)25-19(31)14-21-26(3,4)22(35-17(2)30)11-12-27(21,5)24(25)20(32)15-29(18,28)7/h16,18,21-22,24-25H,8-15H2,1-7H3,(H,33,34)/t16-,18-,21+,22+,24+,25-,27+,28+,29-/m1/s1. The monoisotopic (exact) mass is 488 g/mol. The number of Topliss-reactive ketones (excluding diaryl/α,β-unsaturated/α-hetero) is 2. The van der Waals surface area contributed by atoms with Crippen molar-refractivity contribution in [1.29, 1.82) is 0 Å². The van der Waals surface area contributed by atoms with Crippen LogP contribution in [-0.2, 0) is 23.9 Å². The molecule has 0 aromatic rings. The highest BCUT2D eigenvalue weighted by Crippen LogP contribution is 2.73. The molecule has 0 radical (unpaired) electrons. The summed E-state index contributed by atoms with van der Waals surface area (Å²) in [5.41, 5.74) is -1.25. The van der Waals surface area contributed by atoms with Crippen LogP contribution < -0.4 is 0 Å². The number of carbonyl (C=O) groups is 4. The van der Waals surface area contributed by atoms with Crippen LogP contribution in [0.4, 0.5) is 0 Å². The summed E-state index contributed by atoms with van der Waals surface area (Å²) in [6, 6.07) is 0. The molecule has 4 aliphatic carbocycles. The molecule has 0 aromatic heterocycles. The molecule has 196 valence electrons. The summed E-state index contributed by atoms with van der Waals surface area (Å²) in [5.74, 6) is -0.804. The molecule has 6 heteroatoms. The second-order valence-corrected chi connectivity index (χ2v) is 13.7. The van der Waals surface area contributed by atoms with Gasteiger partial charge in [-0.05, 0) is 66.1 Å². The molecule has 6 nitrogen and oxygen atoms in total. The van der Waals surface area contributed by atoms with Crippen LogP contribution in [0.25, 0.3) is 0 Å². The van der Waals surface area contributed by atoms with E-state index in [4.69, 9.17) is 4.74 Å². The summed E-state index contributed by atoms with van der Waals surface area (Å²) < 4.78 is 5.71. The van der Waals surface area contributed by atoms with Gasteiger partial charge in [0.15, 0.2) is 0 Å². The highest BCUT2D eigenvalue weighted by molar-refractivity contribution is 5.95. The first-order valence-corrected chi connectivity index (χ1v) is 13.5. The number of fused-ring (bicyclic) bond motifs is 5. The molecule has 35 heavy (non-hydrogen) atoms. The predicted molar refractivity (Wildman–Crippen MR) is 131 cm³/mol. The summed E-state index contributed by atoms with van der Waals surface area (Å²) in [6.45, 7) is 14.4. The summed E-state index contributed by atoms with van der Waals surface area (Å²) in [7, 11) is 0. The van der Waals surface area contributed by atoms with Gasteiger partial charge in [0.05, 0.1) is 0 Å². The average molecular weight is 489 g/mol. The third kappa shape index (κ3) is 3.71. The van der Waals surface area contributed by atoms with Gasteiger partial charge >= 0.3 is 11.9 Å². The van der Waals surface area contributed by atoms with E-state index in [1.54, 1.807) is 0 Å². The lowest BCUT2D eigenvalue weighted by atomic mass is 9.37. The van der Waals surface area contributed by atoms with Gasteiger partial charge in [-0.3, -0.25) is 19.2 Å². The topological polar surface area (TPSA) is 97.7 Å². The number of ketones is 2. The van der Waals surface area contributed by atoms with Crippen LogP contribution in [0.15, 0.2) is 0 Å². The average Bonchev–Trinajstić information content (AvgIpc) is 3.00. The molecule has 4 saturated carbocycles. The van der Waals surface area contributed by atoms with Crippen molar-refractivity contribution in [3.8, 4) is 0 Å². The first-order valence-electron chi connectivity index (χ1n) is 13.5. The van der Waals surface area contributed by atoms with Gasteiger partial charge in [-0.25, -0.2) is 0 Å². The van der Waals surface area contributed by atoms with Gasteiger partial charge in [0.1, 0.15) is 17.7 Å². The molecule has 0 amide bonds. The van der Waals surface area contributed by atoms with E-state index in [1.165, 1.54) is 6.92 Å². The van der Waals surface area contributed by atoms with Crippen molar-refractivity contribution in [2.24, 2.45) is 51.2 Å². The molecule has 0 aromatic carbocycles. The molecule has 4 rings (SSSR count). The third-order valence-electron chi connectivity index (χ3n) is 11.7. The lowest BCUT2D eigenvalue weighted by Crippen LogP contribution is -2.67. The molecule has 0 bridgehead atoms. The Morgan fingerprint density at radius 1 is 1.00 bits per heavy atom. The van der Waals surface area contributed by atoms with Crippen LogP contribution >= 0.6 is 0 Å². The highest BCUT2D eigenvalue weighted by atomic mass is 16.5. The zero-order valence-corrected chi connectivity index (χ0v) is 22.6. The molecular weight excluding hydrogens is 444 g/mol. The Morgan fingerprint density at radius 2 is 1.66 bits per heavy atom. The summed E-state index contributed by atoms with van der Waals surface area (Å²) in [6.07, 6.45) is 4.75. The number of carboxylic acid groups (broad SMARTS) is 1. The van der Waals surface area contributed by atoms with E-state index in [2.05, 4.69) is 41.5 Å². The fraction of sp³-hybridized carbons (Fsp3) is 0.862. The Labute approximate surface area is 209 Å². The second kappa shape index (κ2) is 8.41. The Hall–Kier alpha value is -1.72. The summed E-state index contributed by atoms with van der Waals surface area (Å²) in [4.78, 5) is 51.1. The molecule has 0 unspecified atom stereocenters. The van der Waals surface area contributed by atoms with E-state index in [0.29, 0.717) is 25.7 Å². The van der Waals surface area contributed by atoms with Crippen molar-refractivity contribution < 1.29 is 29.0 Å². The zero-order chi connectivity index (χ0) is 26.1. The first kappa shape index (κ1) is 26.3. The number of hydrogen-bond donors (Lipinski definition) is 1. The maximum absolute atomic E-state index is 14.1. The minimum absolute atomic E-state index is 0.00885. The molecule has 4 aliphatic rings. The maximum Gasteiger partial charge on any atom is 0.303 e. The van der Waals surface area contributed by atoms with Gasteiger partial charge in [0.2, 0.25) is 0 Å². The van der Waals surface area contributed by atoms with Gasteiger partial charge < -0.3 is 9.84 Å². The van der Waals surface area contributed by atoms with Crippen LogP contribution in [0.1, 0.15) is 99.8 Å². The Kier molecular flexibility index (Phi) is 6.33. The lowest BCUT2D eigenvalue weighted by Gasteiger charge is -2.65. The quantitative estimate of drug-likeness (QED) is 0.516. The molecule has 0 aliphatic heterocycles. The van der Waals surface area contributed by atoms with Gasteiger partial charge in [-0.1, -0.05) is 41.5 Å². The Bertz CT molecular complexity index is 937. The number of carboxylic acids is 1. The number of rotatable bonds is 5. The van der Waals surface area contributed by atoms with Crippen LogP contribution in [0.5, 0.6) is 0 Å². The number of carbonyl (C=O) groups excluding carboxylic acids is 3. The fourth-order valence-electron chi connectivity index (χ4n) is 9.78. The van der Waals surface area contributed by atoms with E-state index in [9.17, 15) is 24.3 Å². The summed E-state index contributed by atoms with van der Waals surface area (Å²) >= 11 is 0. The van der Waals surface area contributed by atoms with Crippen molar-refractivity contribution in [3.63, 3.8) is 0 Å². The second-order valence-electron chi connectivity index (χ2n) is 13.7. The van der Waals surface area contributed by atoms with Gasteiger partial charge in [-0.2, -0.15) is 0 Å². The van der Waals surface area contributed by atoms with E-state index in [1.807, 2.05) is 0 Å². The molecule has 0 spiro atoms. The Morgan fingerprint density at radius 3 is 2.26 bits per heavy atom. The van der Waals surface area contributed by atoms with Crippen molar-refractivity contribution in [1.82, 2.24) is 0 Å².